The van der Waals surface area contributed by atoms with Gasteiger partial charge in [-0.05, 0) is 50.2 Å². The summed E-state index contributed by atoms with van der Waals surface area (Å²) in [6.07, 6.45) is 2.74. The number of fused-ring (bicyclic) bond motifs is 1. The van der Waals surface area contributed by atoms with Crippen molar-refractivity contribution in [3.8, 4) is 0 Å². The zero-order valence-corrected chi connectivity index (χ0v) is 15.2. The maximum Gasteiger partial charge on any atom is 0.256 e. The summed E-state index contributed by atoms with van der Waals surface area (Å²) < 4.78 is 0. The smallest absolute Gasteiger partial charge is 0.256 e. The van der Waals surface area contributed by atoms with E-state index in [1.54, 1.807) is 18.3 Å². The van der Waals surface area contributed by atoms with Crippen LogP contribution in [0.2, 0.25) is 5.02 Å². The summed E-state index contributed by atoms with van der Waals surface area (Å²) >= 11 is 6.18. The fourth-order valence-corrected chi connectivity index (χ4v) is 3.17. The van der Waals surface area contributed by atoms with Crippen molar-refractivity contribution in [3.63, 3.8) is 0 Å². The average Bonchev–Trinajstić information content (AvgIpc) is 2.96. The summed E-state index contributed by atoms with van der Waals surface area (Å²) in [5.74, 6) is 0.583. The van der Waals surface area contributed by atoms with E-state index < -0.39 is 0 Å². The minimum Gasteiger partial charge on any atom is -0.338 e. The number of nitrogens with zero attached hydrogens (tertiary/aromatic N) is 2. The maximum atomic E-state index is 12.7. The van der Waals surface area contributed by atoms with Crippen LogP contribution in [0.25, 0.3) is 10.9 Å². The van der Waals surface area contributed by atoms with Gasteiger partial charge in [0, 0.05) is 24.7 Å². The molecule has 0 spiro atoms. The number of amides is 1. The molecule has 1 aliphatic rings. The Morgan fingerprint density at radius 2 is 2.17 bits per heavy atom. The molecule has 1 saturated heterocycles. The lowest BCUT2D eigenvalue weighted by atomic mass is 10.1. The van der Waals surface area contributed by atoms with E-state index >= 15 is 0 Å². The fraction of sp³-hybridized carbons (Fsp3) is 0.375. The molecule has 1 fully saturated rings. The lowest BCUT2D eigenvalue weighted by Crippen LogP contribution is -2.30. The van der Waals surface area contributed by atoms with Gasteiger partial charge in [-0.25, -0.2) is 0 Å². The minimum atomic E-state index is 0. The fourth-order valence-electron chi connectivity index (χ4n) is 2.95. The Morgan fingerprint density at radius 1 is 1.39 bits per heavy atom. The molecule has 126 valence electrons. The van der Waals surface area contributed by atoms with E-state index in [2.05, 4.69) is 10.3 Å². The topological polar surface area (TPSA) is 45.2 Å². The Morgan fingerprint density at radius 3 is 2.91 bits per heavy atom. The summed E-state index contributed by atoms with van der Waals surface area (Å²) in [7, 11) is 1.95. The molecule has 1 aliphatic heterocycles. The van der Waals surface area contributed by atoms with Gasteiger partial charge in [0.2, 0.25) is 0 Å². The lowest BCUT2D eigenvalue weighted by Gasteiger charge is -2.17. The quantitative estimate of drug-likeness (QED) is 0.893. The molecule has 0 aliphatic carbocycles. The number of hydrogen-bond donors (Lipinski definition) is 1. The van der Waals surface area contributed by atoms with Gasteiger partial charge in [0.1, 0.15) is 0 Å². The van der Waals surface area contributed by atoms with Crippen molar-refractivity contribution < 1.29 is 4.79 Å². The molecular formula is C16H20Cl3N3O. The summed E-state index contributed by atoms with van der Waals surface area (Å²) in [6.45, 7) is 2.56. The van der Waals surface area contributed by atoms with Crippen LogP contribution in [-0.4, -0.2) is 42.5 Å². The minimum absolute atomic E-state index is 0. The van der Waals surface area contributed by atoms with Crippen molar-refractivity contribution in [3.05, 3.63) is 41.0 Å². The second-order valence-electron chi connectivity index (χ2n) is 5.46. The average molecular weight is 377 g/mol. The largest absolute Gasteiger partial charge is 0.338 e. The van der Waals surface area contributed by atoms with Gasteiger partial charge in [-0.15, -0.1) is 24.8 Å². The Kier molecular flexibility index (Phi) is 7.55. The van der Waals surface area contributed by atoms with Crippen molar-refractivity contribution in [2.24, 2.45) is 5.92 Å². The standard InChI is InChI=1S/C16H18ClN3O.2ClH/c1-18-9-11-6-8-20(10-11)16(21)13-4-5-14(17)12-3-2-7-19-15(12)13;;/h2-5,7,11,18H,6,8-10H2,1H3;2*1H. The zero-order chi connectivity index (χ0) is 14.8. The number of pyridine rings is 1. The molecule has 7 heteroatoms. The predicted molar refractivity (Wildman–Crippen MR) is 99.2 cm³/mol. The normalized spacial score (nSPS) is 16.8. The molecule has 1 atom stereocenters. The van der Waals surface area contributed by atoms with E-state index in [4.69, 9.17) is 11.6 Å². The second kappa shape index (κ2) is 8.69. The van der Waals surface area contributed by atoms with Gasteiger partial charge in [-0.1, -0.05) is 11.6 Å². The molecule has 3 rings (SSSR count). The van der Waals surface area contributed by atoms with E-state index in [0.29, 0.717) is 22.0 Å². The van der Waals surface area contributed by atoms with Crippen molar-refractivity contribution >= 4 is 53.2 Å². The van der Waals surface area contributed by atoms with E-state index in [-0.39, 0.29) is 30.7 Å². The van der Waals surface area contributed by atoms with E-state index in [1.807, 2.05) is 24.1 Å². The van der Waals surface area contributed by atoms with Crippen LogP contribution in [0.4, 0.5) is 0 Å². The van der Waals surface area contributed by atoms with Crippen molar-refractivity contribution in [2.45, 2.75) is 6.42 Å². The van der Waals surface area contributed by atoms with Gasteiger partial charge in [-0.2, -0.15) is 0 Å². The molecule has 1 unspecified atom stereocenters. The SMILES string of the molecule is CNCC1CCN(C(=O)c2ccc(Cl)c3cccnc23)C1.Cl.Cl. The number of carbonyl (C=O) groups is 1. The van der Waals surface area contributed by atoms with Crippen LogP contribution in [0, 0.1) is 5.92 Å². The lowest BCUT2D eigenvalue weighted by molar-refractivity contribution is 0.0789. The first-order valence-electron chi connectivity index (χ1n) is 7.18. The van der Waals surface area contributed by atoms with E-state index in [1.165, 1.54) is 0 Å². The Balaban J connectivity index is 0.00000132. The molecule has 1 N–H and O–H groups in total. The third-order valence-corrected chi connectivity index (χ3v) is 4.34. The van der Waals surface area contributed by atoms with Gasteiger partial charge < -0.3 is 10.2 Å². The van der Waals surface area contributed by atoms with Crippen LogP contribution in [0.3, 0.4) is 0 Å². The van der Waals surface area contributed by atoms with Crippen LogP contribution in [0.1, 0.15) is 16.8 Å². The number of rotatable bonds is 3. The van der Waals surface area contributed by atoms with Gasteiger partial charge in [0.15, 0.2) is 0 Å². The number of halogens is 3. The molecule has 1 aromatic heterocycles. The predicted octanol–water partition coefficient (Wildman–Crippen LogP) is 3.41. The summed E-state index contributed by atoms with van der Waals surface area (Å²) in [6, 6.07) is 7.29. The Bertz CT molecular complexity index is 681. The molecule has 1 amide bonds. The maximum absolute atomic E-state index is 12.7. The van der Waals surface area contributed by atoms with E-state index in [9.17, 15) is 4.79 Å². The van der Waals surface area contributed by atoms with Crippen molar-refractivity contribution in [2.75, 3.05) is 26.7 Å². The summed E-state index contributed by atoms with van der Waals surface area (Å²) in [5.41, 5.74) is 1.33. The van der Waals surface area contributed by atoms with Gasteiger partial charge in [0.05, 0.1) is 16.1 Å². The van der Waals surface area contributed by atoms with Crippen LogP contribution in [-0.2, 0) is 0 Å². The molecule has 0 saturated carbocycles. The van der Waals surface area contributed by atoms with Gasteiger partial charge in [0.25, 0.3) is 5.91 Å². The molecule has 0 bridgehead atoms. The molecule has 23 heavy (non-hydrogen) atoms. The van der Waals surface area contributed by atoms with Crippen LogP contribution >= 0.6 is 36.4 Å². The number of benzene rings is 1. The first-order valence-corrected chi connectivity index (χ1v) is 7.55. The van der Waals surface area contributed by atoms with Crippen molar-refractivity contribution in [1.82, 2.24) is 15.2 Å². The highest BCUT2D eigenvalue weighted by Gasteiger charge is 2.27. The van der Waals surface area contributed by atoms with E-state index in [0.717, 1.165) is 31.4 Å². The first kappa shape index (κ1) is 20.0. The first-order chi connectivity index (χ1) is 10.2. The molecule has 1 aromatic carbocycles. The number of carbonyl (C=O) groups excluding carboxylic acids is 1. The highest BCUT2D eigenvalue weighted by Crippen LogP contribution is 2.27. The number of aromatic nitrogens is 1. The summed E-state index contributed by atoms with van der Waals surface area (Å²) in [5, 5.41) is 4.64. The Hall–Kier alpha value is -1.07. The number of likely N-dealkylation sites (tertiary alicyclic amines) is 1. The highest BCUT2D eigenvalue weighted by atomic mass is 35.5. The molecule has 2 aromatic rings. The summed E-state index contributed by atoms with van der Waals surface area (Å²) in [4.78, 5) is 19.0. The van der Waals surface area contributed by atoms with Crippen LogP contribution < -0.4 is 5.32 Å². The molecule has 0 radical (unpaired) electrons. The third-order valence-electron chi connectivity index (χ3n) is 4.01. The highest BCUT2D eigenvalue weighted by molar-refractivity contribution is 6.36. The monoisotopic (exact) mass is 375 g/mol. The number of nitrogens with one attached hydrogen (secondary N) is 1. The van der Waals surface area contributed by atoms with Crippen LogP contribution in [0.5, 0.6) is 0 Å². The van der Waals surface area contributed by atoms with Gasteiger partial charge in [-0.3, -0.25) is 9.78 Å². The van der Waals surface area contributed by atoms with Crippen LogP contribution in [0.15, 0.2) is 30.5 Å². The third kappa shape index (κ3) is 4.07. The molecular weight excluding hydrogens is 357 g/mol. The van der Waals surface area contributed by atoms with Crippen molar-refractivity contribution in [1.29, 1.82) is 0 Å². The zero-order valence-electron chi connectivity index (χ0n) is 12.8. The molecule has 4 nitrogen and oxygen atoms in total. The number of hydrogen-bond acceptors (Lipinski definition) is 3. The Labute approximate surface area is 153 Å². The molecule has 2 heterocycles. The second-order valence-corrected chi connectivity index (χ2v) is 5.87. The van der Waals surface area contributed by atoms with Gasteiger partial charge >= 0.3 is 0 Å².